The van der Waals surface area contributed by atoms with Gasteiger partial charge in [-0.3, -0.25) is 4.79 Å². The topological polar surface area (TPSA) is 47.6 Å². The molecule has 0 radical (unpaired) electrons. The number of hydrogen-bond donors (Lipinski definition) is 1. The highest BCUT2D eigenvalue weighted by molar-refractivity contribution is 5.75. The van der Waals surface area contributed by atoms with Crippen LogP contribution in [0.1, 0.15) is 25.0 Å². The fourth-order valence-corrected chi connectivity index (χ4v) is 1.87. The Morgan fingerprint density at radius 3 is 2.21 bits per heavy atom. The molecule has 106 valence electrons. The largest absolute Gasteiger partial charge is 0.468 e. The van der Waals surface area contributed by atoms with E-state index in [4.69, 9.17) is 9.47 Å². The zero-order chi connectivity index (χ0) is 14.3. The summed E-state index contributed by atoms with van der Waals surface area (Å²) in [6.45, 7) is 5.25. The van der Waals surface area contributed by atoms with E-state index in [9.17, 15) is 4.79 Å². The molecule has 0 aliphatic heterocycles. The van der Waals surface area contributed by atoms with Crippen molar-refractivity contribution in [3.63, 3.8) is 0 Å². The Balaban J connectivity index is 2.56. The van der Waals surface area contributed by atoms with E-state index in [1.54, 1.807) is 7.11 Å². The van der Waals surface area contributed by atoms with Crippen molar-refractivity contribution < 1.29 is 14.3 Å². The van der Waals surface area contributed by atoms with Gasteiger partial charge in [-0.1, -0.05) is 38.1 Å². The smallest absolute Gasteiger partial charge is 0.323 e. The van der Waals surface area contributed by atoms with E-state index in [0.29, 0.717) is 13.2 Å². The summed E-state index contributed by atoms with van der Waals surface area (Å²) in [6, 6.07) is 7.86. The number of ether oxygens (including phenoxy) is 2. The maximum Gasteiger partial charge on any atom is 0.323 e. The fraction of sp³-hybridized carbons (Fsp3) is 0.533. The molecule has 1 N–H and O–H groups in total. The molecule has 1 aromatic carbocycles. The maximum atomic E-state index is 11.6. The Labute approximate surface area is 115 Å². The van der Waals surface area contributed by atoms with Crippen molar-refractivity contribution >= 4 is 5.97 Å². The van der Waals surface area contributed by atoms with E-state index in [1.165, 1.54) is 7.11 Å². The zero-order valence-electron chi connectivity index (χ0n) is 12.1. The molecule has 0 bridgehead atoms. The summed E-state index contributed by atoms with van der Waals surface area (Å²) in [5, 5.41) is 3.23. The molecule has 0 amide bonds. The van der Waals surface area contributed by atoms with Crippen LogP contribution in [0.3, 0.4) is 0 Å². The monoisotopic (exact) mass is 265 g/mol. The first-order chi connectivity index (χ1) is 9.08. The van der Waals surface area contributed by atoms with Gasteiger partial charge in [-0.2, -0.15) is 0 Å². The van der Waals surface area contributed by atoms with Crippen molar-refractivity contribution in [1.29, 1.82) is 0 Å². The number of hydrogen-bond acceptors (Lipinski definition) is 4. The molecular formula is C15H23NO3. The summed E-state index contributed by atoms with van der Waals surface area (Å²) < 4.78 is 9.86. The molecule has 0 aliphatic rings. The summed E-state index contributed by atoms with van der Waals surface area (Å²) in [5.41, 5.74) is 2.27. The highest BCUT2D eigenvalue weighted by Gasteiger charge is 2.21. The Hall–Kier alpha value is -1.39. The van der Waals surface area contributed by atoms with Crippen LogP contribution in [0, 0.1) is 5.92 Å². The Kier molecular flexibility index (Phi) is 6.53. The SMILES string of the molecule is COCc1ccc(CN[C@H](C(=O)OC)C(C)C)cc1. The van der Waals surface area contributed by atoms with Gasteiger partial charge in [-0.15, -0.1) is 0 Å². The van der Waals surface area contributed by atoms with Crippen LogP contribution in [0.5, 0.6) is 0 Å². The quantitative estimate of drug-likeness (QED) is 0.767. The van der Waals surface area contributed by atoms with Crippen molar-refractivity contribution in [1.82, 2.24) is 5.32 Å². The average Bonchev–Trinajstić information content (AvgIpc) is 2.40. The van der Waals surface area contributed by atoms with Crippen LogP contribution in [0.25, 0.3) is 0 Å². The normalized spacial score (nSPS) is 12.5. The molecule has 0 aliphatic carbocycles. The minimum atomic E-state index is -0.274. The molecular weight excluding hydrogens is 242 g/mol. The lowest BCUT2D eigenvalue weighted by Gasteiger charge is -2.19. The van der Waals surface area contributed by atoms with Crippen molar-refractivity contribution in [3.8, 4) is 0 Å². The first-order valence-corrected chi connectivity index (χ1v) is 6.46. The van der Waals surface area contributed by atoms with E-state index in [1.807, 2.05) is 38.1 Å². The van der Waals surface area contributed by atoms with E-state index >= 15 is 0 Å². The maximum absolute atomic E-state index is 11.6. The molecule has 0 unspecified atom stereocenters. The van der Waals surface area contributed by atoms with Gasteiger partial charge < -0.3 is 14.8 Å². The van der Waals surface area contributed by atoms with E-state index in [0.717, 1.165) is 11.1 Å². The second-order valence-corrected chi connectivity index (χ2v) is 4.88. The summed E-state index contributed by atoms with van der Waals surface area (Å²) >= 11 is 0. The molecule has 0 heterocycles. The minimum Gasteiger partial charge on any atom is -0.468 e. The molecule has 0 aromatic heterocycles. The van der Waals surface area contributed by atoms with Crippen molar-refractivity contribution in [2.45, 2.75) is 33.0 Å². The van der Waals surface area contributed by atoms with Gasteiger partial charge in [0.1, 0.15) is 6.04 Å². The van der Waals surface area contributed by atoms with Gasteiger partial charge in [0.2, 0.25) is 0 Å². The predicted molar refractivity (Wildman–Crippen MR) is 74.6 cm³/mol. The summed E-state index contributed by atoms with van der Waals surface area (Å²) in [7, 11) is 3.10. The molecule has 0 spiro atoms. The summed E-state index contributed by atoms with van der Waals surface area (Å²) in [4.78, 5) is 11.6. The number of carbonyl (C=O) groups is 1. The van der Waals surface area contributed by atoms with Crippen molar-refractivity contribution in [2.75, 3.05) is 14.2 Å². The van der Waals surface area contributed by atoms with Gasteiger partial charge in [-0.05, 0) is 17.0 Å². The van der Waals surface area contributed by atoms with Crippen molar-refractivity contribution in [2.24, 2.45) is 5.92 Å². The van der Waals surface area contributed by atoms with Crippen LogP contribution in [0.15, 0.2) is 24.3 Å². The van der Waals surface area contributed by atoms with E-state index < -0.39 is 0 Å². The summed E-state index contributed by atoms with van der Waals surface area (Å²) in [6.07, 6.45) is 0. The molecule has 1 aromatic rings. The van der Waals surface area contributed by atoms with E-state index in [-0.39, 0.29) is 17.9 Å². The molecule has 4 nitrogen and oxygen atoms in total. The third-order valence-corrected chi connectivity index (χ3v) is 2.98. The third-order valence-electron chi connectivity index (χ3n) is 2.98. The first-order valence-electron chi connectivity index (χ1n) is 6.46. The van der Waals surface area contributed by atoms with Crippen LogP contribution < -0.4 is 5.32 Å². The number of rotatable bonds is 7. The van der Waals surface area contributed by atoms with Gasteiger partial charge in [0.15, 0.2) is 0 Å². The minimum absolute atomic E-state index is 0.195. The van der Waals surface area contributed by atoms with Gasteiger partial charge in [0.25, 0.3) is 0 Å². The second kappa shape index (κ2) is 7.92. The van der Waals surface area contributed by atoms with Gasteiger partial charge in [0, 0.05) is 13.7 Å². The number of benzene rings is 1. The number of nitrogens with one attached hydrogen (secondary N) is 1. The van der Waals surface area contributed by atoms with E-state index in [2.05, 4.69) is 5.32 Å². The Morgan fingerprint density at radius 2 is 1.74 bits per heavy atom. The van der Waals surface area contributed by atoms with Crippen LogP contribution in [0.4, 0.5) is 0 Å². The van der Waals surface area contributed by atoms with Gasteiger partial charge >= 0.3 is 5.97 Å². The Morgan fingerprint density at radius 1 is 1.16 bits per heavy atom. The molecule has 0 fully saturated rings. The highest BCUT2D eigenvalue weighted by Crippen LogP contribution is 2.08. The number of esters is 1. The van der Waals surface area contributed by atoms with Crippen LogP contribution in [0.2, 0.25) is 0 Å². The first kappa shape index (κ1) is 15.7. The Bertz CT molecular complexity index is 387. The van der Waals surface area contributed by atoms with Crippen molar-refractivity contribution in [3.05, 3.63) is 35.4 Å². The average molecular weight is 265 g/mol. The number of carbonyl (C=O) groups excluding carboxylic acids is 1. The number of methoxy groups -OCH3 is 2. The predicted octanol–water partition coefficient (Wildman–Crippen LogP) is 2.12. The lowest BCUT2D eigenvalue weighted by atomic mass is 10.0. The molecule has 1 rings (SSSR count). The lowest BCUT2D eigenvalue weighted by Crippen LogP contribution is -2.41. The summed E-state index contributed by atoms with van der Waals surface area (Å²) in [5.74, 6) is -0.0220. The van der Waals surface area contributed by atoms with Crippen LogP contribution >= 0.6 is 0 Å². The molecule has 4 heteroatoms. The second-order valence-electron chi connectivity index (χ2n) is 4.88. The fourth-order valence-electron chi connectivity index (χ4n) is 1.87. The van der Waals surface area contributed by atoms with Crippen LogP contribution in [-0.4, -0.2) is 26.2 Å². The standard InChI is InChI=1S/C15H23NO3/c1-11(2)14(15(17)19-4)16-9-12-5-7-13(8-6-12)10-18-3/h5-8,11,14,16H,9-10H2,1-4H3/t14-/m0/s1. The molecule has 19 heavy (non-hydrogen) atoms. The molecule has 0 saturated heterocycles. The third kappa shape index (κ3) is 5.01. The highest BCUT2D eigenvalue weighted by atomic mass is 16.5. The molecule has 0 saturated carbocycles. The lowest BCUT2D eigenvalue weighted by molar-refractivity contribution is -0.144. The zero-order valence-corrected chi connectivity index (χ0v) is 12.1. The van der Waals surface area contributed by atoms with Gasteiger partial charge in [0.05, 0.1) is 13.7 Å². The van der Waals surface area contributed by atoms with Gasteiger partial charge in [-0.25, -0.2) is 0 Å². The van der Waals surface area contributed by atoms with Crippen LogP contribution in [-0.2, 0) is 27.4 Å². The molecule has 1 atom stereocenters.